The fraction of sp³-hybridized carbons (Fsp3) is 0.355. The molecule has 4 heteroatoms. The lowest BCUT2D eigenvalue weighted by atomic mass is 9.89. The molecule has 0 radical (unpaired) electrons. The van der Waals surface area contributed by atoms with Crippen LogP contribution in [0.15, 0.2) is 84.9 Å². The van der Waals surface area contributed by atoms with Crippen molar-refractivity contribution in [2.45, 2.75) is 51.5 Å². The average molecular weight is 469 g/mol. The Hall–Kier alpha value is -3.40. The third-order valence-corrected chi connectivity index (χ3v) is 7.10. The quantitative estimate of drug-likeness (QED) is 0.362. The summed E-state index contributed by atoms with van der Waals surface area (Å²) in [7, 11) is 0. The Morgan fingerprint density at radius 1 is 0.886 bits per heavy atom. The second-order valence-corrected chi connectivity index (χ2v) is 9.43. The van der Waals surface area contributed by atoms with Crippen LogP contribution < -0.4 is 0 Å². The van der Waals surface area contributed by atoms with E-state index in [1.54, 1.807) is 4.90 Å². The molecule has 182 valence electrons. The molecule has 4 nitrogen and oxygen atoms in total. The normalized spacial score (nSPS) is 15.1. The molecule has 0 aromatic heterocycles. The van der Waals surface area contributed by atoms with Gasteiger partial charge in [-0.15, -0.1) is 0 Å². The summed E-state index contributed by atoms with van der Waals surface area (Å²) < 4.78 is 0. The van der Waals surface area contributed by atoms with Gasteiger partial charge in [-0.1, -0.05) is 105 Å². The van der Waals surface area contributed by atoms with Crippen LogP contribution >= 0.6 is 0 Å². The van der Waals surface area contributed by atoms with E-state index in [0.29, 0.717) is 13.1 Å². The SMILES string of the molecule is CCCCCN(CC(=O)N1CCc2ccccc2C1C)C(=O)C(c1ccccc1)c1ccccc1. The molecule has 0 aliphatic carbocycles. The van der Waals surface area contributed by atoms with Gasteiger partial charge < -0.3 is 9.80 Å². The lowest BCUT2D eigenvalue weighted by molar-refractivity contribution is -0.142. The smallest absolute Gasteiger partial charge is 0.242 e. The van der Waals surface area contributed by atoms with Gasteiger partial charge in [0.2, 0.25) is 11.8 Å². The Balaban J connectivity index is 1.59. The second-order valence-electron chi connectivity index (χ2n) is 9.43. The van der Waals surface area contributed by atoms with Crippen molar-refractivity contribution in [1.82, 2.24) is 9.80 Å². The van der Waals surface area contributed by atoms with Crippen molar-refractivity contribution < 1.29 is 9.59 Å². The van der Waals surface area contributed by atoms with Crippen molar-refractivity contribution in [3.05, 3.63) is 107 Å². The molecule has 1 aliphatic heterocycles. The molecule has 0 spiro atoms. The van der Waals surface area contributed by atoms with E-state index in [9.17, 15) is 9.59 Å². The van der Waals surface area contributed by atoms with E-state index in [4.69, 9.17) is 0 Å². The summed E-state index contributed by atoms with van der Waals surface area (Å²) in [6, 6.07) is 28.2. The number of benzene rings is 3. The van der Waals surface area contributed by atoms with E-state index in [2.05, 4.69) is 32.0 Å². The van der Waals surface area contributed by atoms with Crippen molar-refractivity contribution in [3.63, 3.8) is 0 Å². The van der Waals surface area contributed by atoms with Crippen LogP contribution in [0, 0.1) is 0 Å². The summed E-state index contributed by atoms with van der Waals surface area (Å²) >= 11 is 0. The highest BCUT2D eigenvalue weighted by Crippen LogP contribution is 2.30. The Labute approximate surface area is 209 Å². The second kappa shape index (κ2) is 11.8. The molecule has 2 amide bonds. The highest BCUT2D eigenvalue weighted by Gasteiger charge is 2.32. The van der Waals surface area contributed by atoms with E-state index in [1.807, 2.05) is 71.6 Å². The molecule has 35 heavy (non-hydrogen) atoms. The summed E-state index contributed by atoms with van der Waals surface area (Å²) in [4.78, 5) is 31.4. The maximum absolute atomic E-state index is 14.1. The van der Waals surface area contributed by atoms with Crippen molar-refractivity contribution in [1.29, 1.82) is 0 Å². The molecule has 0 fully saturated rings. The molecule has 3 aromatic carbocycles. The first-order valence-corrected chi connectivity index (χ1v) is 12.9. The van der Waals surface area contributed by atoms with Gasteiger partial charge in [-0.3, -0.25) is 9.59 Å². The number of carbonyl (C=O) groups excluding carboxylic acids is 2. The van der Waals surface area contributed by atoms with E-state index in [-0.39, 0.29) is 24.4 Å². The molecule has 0 N–H and O–H groups in total. The minimum absolute atomic E-state index is 0.00286. The topological polar surface area (TPSA) is 40.6 Å². The Bertz CT molecular complexity index is 1070. The number of carbonyl (C=O) groups is 2. The van der Waals surface area contributed by atoms with Gasteiger partial charge in [0, 0.05) is 13.1 Å². The molecular formula is C31H36N2O2. The minimum atomic E-state index is -0.425. The van der Waals surface area contributed by atoms with Gasteiger partial charge in [0.15, 0.2) is 0 Å². The standard InChI is InChI=1S/C31H36N2O2/c1-3-4-13-21-32(23-29(34)33-22-20-25-14-11-12-19-28(25)24(33)2)31(35)30(26-15-7-5-8-16-26)27-17-9-6-10-18-27/h5-12,14-19,24,30H,3-4,13,20-23H2,1-2H3. The van der Waals surface area contributed by atoms with Crippen LogP contribution in [0.5, 0.6) is 0 Å². The predicted molar refractivity (Wildman–Crippen MR) is 141 cm³/mol. The summed E-state index contributed by atoms with van der Waals surface area (Å²) in [5, 5.41) is 0. The third kappa shape index (κ3) is 5.82. The van der Waals surface area contributed by atoms with Crippen LogP contribution in [0.2, 0.25) is 0 Å². The van der Waals surface area contributed by atoms with E-state index in [0.717, 1.165) is 36.8 Å². The van der Waals surface area contributed by atoms with Crippen molar-refractivity contribution in [3.8, 4) is 0 Å². The molecule has 1 heterocycles. The zero-order valence-corrected chi connectivity index (χ0v) is 20.9. The highest BCUT2D eigenvalue weighted by molar-refractivity contribution is 5.91. The van der Waals surface area contributed by atoms with Gasteiger partial charge in [-0.25, -0.2) is 0 Å². The van der Waals surface area contributed by atoms with Gasteiger partial charge in [0.05, 0.1) is 18.5 Å². The van der Waals surface area contributed by atoms with E-state index >= 15 is 0 Å². The maximum Gasteiger partial charge on any atom is 0.242 e. The third-order valence-electron chi connectivity index (χ3n) is 7.10. The molecule has 0 saturated heterocycles. The zero-order valence-electron chi connectivity index (χ0n) is 20.9. The number of amides is 2. The number of fused-ring (bicyclic) bond motifs is 1. The number of hydrogen-bond acceptors (Lipinski definition) is 2. The number of nitrogens with zero attached hydrogens (tertiary/aromatic N) is 2. The fourth-order valence-corrected chi connectivity index (χ4v) is 5.14. The van der Waals surface area contributed by atoms with Gasteiger partial charge in [-0.05, 0) is 42.0 Å². The van der Waals surface area contributed by atoms with Crippen molar-refractivity contribution in [2.24, 2.45) is 0 Å². The van der Waals surface area contributed by atoms with Crippen LogP contribution in [0.25, 0.3) is 0 Å². The maximum atomic E-state index is 14.1. The number of rotatable bonds is 9. The lowest BCUT2D eigenvalue weighted by Crippen LogP contribution is -2.47. The highest BCUT2D eigenvalue weighted by atomic mass is 16.2. The largest absolute Gasteiger partial charge is 0.334 e. The first-order valence-electron chi connectivity index (χ1n) is 12.9. The molecular weight excluding hydrogens is 432 g/mol. The van der Waals surface area contributed by atoms with Crippen molar-refractivity contribution >= 4 is 11.8 Å². The van der Waals surface area contributed by atoms with Crippen molar-refractivity contribution in [2.75, 3.05) is 19.6 Å². The summed E-state index contributed by atoms with van der Waals surface area (Å²) in [5.41, 5.74) is 4.43. The fourth-order valence-electron chi connectivity index (χ4n) is 5.14. The lowest BCUT2D eigenvalue weighted by Gasteiger charge is -2.37. The van der Waals surface area contributed by atoms with E-state index in [1.165, 1.54) is 11.1 Å². The molecule has 4 rings (SSSR count). The van der Waals surface area contributed by atoms with Crippen LogP contribution in [0.4, 0.5) is 0 Å². The number of hydrogen-bond donors (Lipinski definition) is 0. The summed E-state index contributed by atoms with van der Waals surface area (Å²) in [6.45, 7) is 5.64. The molecule has 1 aliphatic rings. The zero-order chi connectivity index (χ0) is 24.6. The van der Waals surface area contributed by atoms with Gasteiger partial charge >= 0.3 is 0 Å². The Morgan fingerprint density at radius 3 is 2.11 bits per heavy atom. The molecule has 3 aromatic rings. The Kier molecular flexibility index (Phi) is 8.36. The predicted octanol–water partition coefficient (Wildman–Crippen LogP) is 5.98. The molecule has 0 saturated carbocycles. The van der Waals surface area contributed by atoms with Crippen LogP contribution in [-0.4, -0.2) is 41.2 Å². The van der Waals surface area contributed by atoms with Crippen LogP contribution in [-0.2, 0) is 16.0 Å². The first-order chi connectivity index (χ1) is 17.1. The summed E-state index contributed by atoms with van der Waals surface area (Å²) in [5.74, 6) is -0.403. The summed E-state index contributed by atoms with van der Waals surface area (Å²) in [6.07, 6.45) is 3.85. The average Bonchev–Trinajstić information content (AvgIpc) is 2.90. The molecule has 1 atom stereocenters. The monoisotopic (exact) mass is 468 g/mol. The van der Waals surface area contributed by atoms with Gasteiger partial charge in [0.1, 0.15) is 0 Å². The Morgan fingerprint density at radius 2 is 1.49 bits per heavy atom. The van der Waals surface area contributed by atoms with Gasteiger partial charge in [0.25, 0.3) is 0 Å². The van der Waals surface area contributed by atoms with Gasteiger partial charge in [-0.2, -0.15) is 0 Å². The molecule has 0 bridgehead atoms. The molecule has 1 unspecified atom stereocenters. The minimum Gasteiger partial charge on any atom is -0.334 e. The van der Waals surface area contributed by atoms with Crippen LogP contribution in [0.3, 0.4) is 0 Å². The van der Waals surface area contributed by atoms with E-state index < -0.39 is 5.92 Å². The first kappa shape index (κ1) is 24.7. The van der Waals surface area contributed by atoms with Crippen LogP contribution in [0.1, 0.15) is 67.3 Å². The number of unbranched alkanes of at least 4 members (excludes halogenated alkanes) is 2.